The van der Waals surface area contributed by atoms with Crippen LogP contribution in [0.2, 0.25) is 0 Å². The maximum absolute atomic E-state index is 12.6. The van der Waals surface area contributed by atoms with Crippen LogP contribution in [0, 0.1) is 0 Å². The topological polar surface area (TPSA) is 101 Å². The van der Waals surface area contributed by atoms with Crippen molar-refractivity contribution in [2.24, 2.45) is 0 Å². The second-order valence-corrected chi connectivity index (χ2v) is 6.42. The number of nitrogens with zero attached hydrogens (tertiary/aromatic N) is 2. The minimum absolute atomic E-state index is 0.0404. The Bertz CT molecular complexity index is 808. The average molecular weight is 350 g/mol. The minimum atomic E-state index is -0.633. The van der Waals surface area contributed by atoms with Gasteiger partial charge in [0.15, 0.2) is 5.69 Å². The predicted octanol–water partition coefficient (Wildman–Crippen LogP) is 1.58. The molecule has 130 valence electrons. The number of hydrogen-bond donors (Lipinski definition) is 2. The van der Waals surface area contributed by atoms with Crippen LogP contribution in [-0.4, -0.2) is 22.0 Å². The lowest BCUT2D eigenvalue weighted by atomic mass is 10.2. The summed E-state index contributed by atoms with van der Waals surface area (Å²) in [6.07, 6.45) is 1.83. The molecule has 0 aliphatic heterocycles. The van der Waals surface area contributed by atoms with Crippen LogP contribution in [0.15, 0.2) is 27.1 Å². The first kappa shape index (κ1) is 18.0. The highest BCUT2D eigenvalue weighted by Gasteiger charge is 2.23. The summed E-state index contributed by atoms with van der Waals surface area (Å²) in [6, 6.07) is 3.74. The number of unbranched alkanes of at least 4 members (excludes halogenated alkanes) is 1. The lowest BCUT2D eigenvalue weighted by molar-refractivity contribution is -0.117. The third kappa shape index (κ3) is 3.76. The number of nitrogen functional groups attached to an aromatic ring is 1. The molecular formula is C16H22N4O3S. The van der Waals surface area contributed by atoms with Gasteiger partial charge in [0.25, 0.3) is 5.56 Å². The smallest absolute Gasteiger partial charge is 0.330 e. The van der Waals surface area contributed by atoms with Crippen molar-refractivity contribution < 1.29 is 4.79 Å². The molecule has 0 fully saturated rings. The summed E-state index contributed by atoms with van der Waals surface area (Å²) in [5.41, 5.74) is 4.94. The zero-order valence-corrected chi connectivity index (χ0v) is 14.7. The first-order valence-electron chi connectivity index (χ1n) is 7.94. The number of nitrogens with two attached hydrogens (primary N) is 1. The summed E-state index contributed by atoms with van der Waals surface area (Å²) in [4.78, 5) is 41.3. The number of carbonyl (C=O) groups excluding carboxylic acids is 1. The van der Waals surface area contributed by atoms with Crippen LogP contribution in [0.5, 0.6) is 0 Å². The van der Waals surface area contributed by atoms with E-state index in [1.165, 1.54) is 20.8 Å². The van der Waals surface area contributed by atoms with E-state index >= 15 is 0 Å². The predicted molar refractivity (Wildman–Crippen MR) is 96.7 cm³/mol. The molecule has 3 N–H and O–H groups in total. The standard InChI is InChI=1S/C16H22N4O3S/c1-3-5-8-20-14(17)13(15(22)18-16(20)23)19(4-2)12(21)10-11-7-6-9-24-11/h6-7,9H,3-5,8,10,17H2,1-2H3,(H,18,22,23). The van der Waals surface area contributed by atoms with Crippen molar-refractivity contribution in [3.8, 4) is 0 Å². The van der Waals surface area contributed by atoms with Gasteiger partial charge in [0.1, 0.15) is 5.82 Å². The van der Waals surface area contributed by atoms with Crippen LogP contribution in [-0.2, 0) is 17.8 Å². The summed E-state index contributed by atoms with van der Waals surface area (Å²) in [5, 5.41) is 1.89. The van der Waals surface area contributed by atoms with Crippen molar-refractivity contribution in [1.82, 2.24) is 9.55 Å². The highest BCUT2D eigenvalue weighted by atomic mass is 32.1. The highest BCUT2D eigenvalue weighted by Crippen LogP contribution is 2.19. The Morgan fingerprint density at radius 3 is 2.71 bits per heavy atom. The summed E-state index contributed by atoms with van der Waals surface area (Å²) in [7, 11) is 0. The Kier molecular flexibility index (Phi) is 5.97. The van der Waals surface area contributed by atoms with Gasteiger partial charge >= 0.3 is 5.69 Å². The monoisotopic (exact) mass is 350 g/mol. The molecular weight excluding hydrogens is 328 g/mol. The third-order valence-electron chi connectivity index (χ3n) is 3.74. The van der Waals surface area contributed by atoms with Gasteiger partial charge in [-0.25, -0.2) is 4.79 Å². The molecule has 0 bridgehead atoms. The van der Waals surface area contributed by atoms with E-state index in [-0.39, 0.29) is 23.8 Å². The largest absolute Gasteiger partial charge is 0.383 e. The lowest BCUT2D eigenvalue weighted by Crippen LogP contribution is -2.41. The van der Waals surface area contributed by atoms with Crippen molar-refractivity contribution in [2.75, 3.05) is 17.2 Å². The van der Waals surface area contributed by atoms with Gasteiger partial charge in [0.05, 0.1) is 6.42 Å². The number of likely N-dealkylation sites (N-methyl/N-ethyl adjacent to an activating group) is 1. The van der Waals surface area contributed by atoms with Crippen molar-refractivity contribution in [3.63, 3.8) is 0 Å². The molecule has 24 heavy (non-hydrogen) atoms. The number of hydrogen-bond acceptors (Lipinski definition) is 5. The molecule has 2 aromatic heterocycles. The first-order chi connectivity index (χ1) is 11.5. The Morgan fingerprint density at radius 1 is 1.38 bits per heavy atom. The number of carbonyl (C=O) groups is 1. The molecule has 2 rings (SSSR count). The number of anilines is 2. The Hall–Kier alpha value is -2.35. The van der Waals surface area contributed by atoms with E-state index in [4.69, 9.17) is 5.73 Å². The van der Waals surface area contributed by atoms with Gasteiger partial charge in [-0.2, -0.15) is 0 Å². The zero-order valence-electron chi connectivity index (χ0n) is 13.9. The van der Waals surface area contributed by atoms with Crippen LogP contribution >= 0.6 is 11.3 Å². The molecule has 0 spiro atoms. The van der Waals surface area contributed by atoms with E-state index in [2.05, 4.69) is 4.98 Å². The molecule has 0 unspecified atom stereocenters. The Morgan fingerprint density at radius 2 is 2.12 bits per heavy atom. The van der Waals surface area contributed by atoms with Gasteiger partial charge in [-0.15, -0.1) is 11.3 Å². The van der Waals surface area contributed by atoms with Gasteiger partial charge in [-0.05, 0) is 24.8 Å². The molecule has 0 atom stereocenters. The van der Waals surface area contributed by atoms with Gasteiger partial charge < -0.3 is 10.6 Å². The molecule has 7 nitrogen and oxygen atoms in total. The van der Waals surface area contributed by atoms with E-state index in [0.29, 0.717) is 13.1 Å². The quantitative estimate of drug-likeness (QED) is 0.791. The second-order valence-electron chi connectivity index (χ2n) is 5.39. The summed E-state index contributed by atoms with van der Waals surface area (Å²) in [5.74, 6) is -0.184. The van der Waals surface area contributed by atoms with Gasteiger partial charge in [-0.1, -0.05) is 19.4 Å². The van der Waals surface area contributed by atoms with Crippen LogP contribution in [0.4, 0.5) is 11.5 Å². The SMILES string of the molecule is CCCCn1c(N)c(N(CC)C(=O)Cc2cccs2)c(=O)[nH]c1=O. The fraction of sp³-hybridized carbons (Fsp3) is 0.438. The number of amides is 1. The number of H-pyrrole nitrogens is 1. The molecule has 0 aromatic carbocycles. The third-order valence-corrected chi connectivity index (χ3v) is 4.62. The minimum Gasteiger partial charge on any atom is -0.383 e. The molecule has 0 saturated carbocycles. The van der Waals surface area contributed by atoms with E-state index in [1.54, 1.807) is 6.92 Å². The van der Waals surface area contributed by atoms with Gasteiger partial charge in [-0.3, -0.25) is 19.1 Å². The normalized spacial score (nSPS) is 10.8. The maximum atomic E-state index is 12.6. The fourth-order valence-electron chi connectivity index (χ4n) is 2.49. The summed E-state index contributed by atoms with van der Waals surface area (Å²) in [6.45, 7) is 4.47. The van der Waals surface area contributed by atoms with Crippen LogP contribution < -0.4 is 21.9 Å². The van der Waals surface area contributed by atoms with Crippen LogP contribution in [0.25, 0.3) is 0 Å². The molecule has 0 saturated heterocycles. The second kappa shape index (κ2) is 7.96. The molecule has 2 heterocycles. The van der Waals surface area contributed by atoms with E-state index in [1.807, 2.05) is 24.4 Å². The molecule has 1 amide bonds. The number of rotatable bonds is 7. The van der Waals surface area contributed by atoms with E-state index in [9.17, 15) is 14.4 Å². The average Bonchev–Trinajstić information content (AvgIpc) is 3.03. The number of aromatic nitrogens is 2. The van der Waals surface area contributed by atoms with Crippen molar-refractivity contribution in [2.45, 2.75) is 39.7 Å². The summed E-state index contributed by atoms with van der Waals surface area (Å²) < 4.78 is 1.32. The van der Waals surface area contributed by atoms with Gasteiger partial charge in [0.2, 0.25) is 5.91 Å². The molecule has 0 aliphatic carbocycles. The van der Waals surface area contributed by atoms with E-state index in [0.717, 1.165) is 17.7 Å². The summed E-state index contributed by atoms with van der Waals surface area (Å²) >= 11 is 1.48. The highest BCUT2D eigenvalue weighted by molar-refractivity contribution is 7.10. The number of nitrogens with one attached hydrogen (secondary N) is 1. The molecule has 0 radical (unpaired) electrons. The van der Waals surface area contributed by atoms with Crippen molar-refractivity contribution >= 4 is 28.7 Å². The lowest BCUT2D eigenvalue weighted by Gasteiger charge is -2.23. The van der Waals surface area contributed by atoms with Crippen LogP contribution in [0.1, 0.15) is 31.6 Å². The first-order valence-corrected chi connectivity index (χ1v) is 8.82. The van der Waals surface area contributed by atoms with Crippen molar-refractivity contribution in [1.29, 1.82) is 0 Å². The maximum Gasteiger partial charge on any atom is 0.330 e. The fourth-order valence-corrected chi connectivity index (χ4v) is 3.19. The van der Waals surface area contributed by atoms with Gasteiger partial charge in [0, 0.05) is 18.0 Å². The van der Waals surface area contributed by atoms with Crippen LogP contribution in [0.3, 0.4) is 0 Å². The number of aromatic amines is 1. The van der Waals surface area contributed by atoms with Crippen molar-refractivity contribution in [3.05, 3.63) is 43.2 Å². The molecule has 8 heteroatoms. The Labute approximate surface area is 143 Å². The number of thiophene rings is 1. The van der Waals surface area contributed by atoms with E-state index < -0.39 is 11.2 Å². The zero-order chi connectivity index (χ0) is 17.7. The molecule has 0 aliphatic rings. The molecule has 2 aromatic rings. The Balaban J connectivity index is 2.42.